The number of benzene rings is 2. The second kappa shape index (κ2) is 12.3. The molecule has 1 aliphatic heterocycles. The van der Waals surface area contributed by atoms with Gasteiger partial charge < -0.3 is 16.6 Å². The van der Waals surface area contributed by atoms with Gasteiger partial charge >= 0.3 is 0 Å². The van der Waals surface area contributed by atoms with Crippen LogP contribution in [0, 0.1) is 13.8 Å². The van der Waals surface area contributed by atoms with Gasteiger partial charge in [0, 0.05) is 44.9 Å². The topological polar surface area (TPSA) is 12.5 Å². The number of unbranched alkanes of at least 4 members (excludes halogenated alkanes) is 3. The number of halogens is 1. The Balaban J connectivity index is 0.00000300. The Bertz CT molecular complexity index is 749. The molecule has 29 heavy (non-hydrogen) atoms. The van der Waals surface area contributed by atoms with Gasteiger partial charge in [0.1, 0.15) is 5.75 Å². The SMILES string of the molecule is [CH2-]COc1cc(C2C(Cl)CCN2c2ccc(CCCCCC)cc2)ccc1C.[Y]. The van der Waals surface area contributed by atoms with Gasteiger partial charge in [-0.25, -0.2) is 0 Å². The minimum absolute atomic E-state index is 0. The molecule has 1 radical (unpaired) electrons. The van der Waals surface area contributed by atoms with Gasteiger partial charge in [-0.3, -0.25) is 0 Å². The zero-order chi connectivity index (χ0) is 19.9. The summed E-state index contributed by atoms with van der Waals surface area (Å²) in [5.74, 6) is 0.908. The number of aryl methyl sites for hydroxylation is 2. The van der Waals surface area contributed by atoms with Crippen molar-refractivity contribution in [1.29, 1.82) is 0 Å². The summed E-state index contributed by atoms with van der Waals surface area (Å²) in [6, 6.07) is 15.7. The van der Waals surface area contributed by atoms with Crippen LogP contribution in [0.5, 0.6) is 5.75 Å². The van der Waals surface area contributed by atoms with Crippen LogP contribution in [-0.2, 0) is 39.1 Å². The fourth-order valence-corrected chi connectivity index (χ4v) is 4.49. The minimum atomic E-state index is 0. The molecule has 1 aliphatic rings. The van der Waals surface area contributed by atoms with Crippen LogP contribution >= 0.6 is 11.6 Å². The van der Waals surface area contributed by atoms with Crippen LogP contribution in [0.3, 0.4) is 0 Å². The van der Waals surface area contributed by atoms with Crippen LogP contribution in [-0.4, -0.2) is 18.5 Å². The molecule has 3 rings (SSSR count). The van der Waals surface area contributed by atoms with Crippen molar-refractivity contribution in [3.05, 3.63) is 66.1 Å². The van der Waals surface area contributed by atoms with Gasteiger partial charge in [-0.2, -0.15) is 0 Å². The molecule has 0 spiro atoms. The van der Waals surface area contributed by atoms with Crippen LogP contribution < -0.4 is 9.64 Å². The summed E-state index contributed by atoms with van der Waals surface area (Å²) in [6.45, 7) is 9.55. The molecule has 0 N–H and O–H groups in total. The van der Waals surface area contributed by atoms with Crippen molar-refractivity contribution in [2.24, 2.45) is 0 Å². The number of rotatable bonds is 9. The Morgan fingerprint density at radius 1 is 1.10 bits per heavy atom. The molecule has 2 aromatic rings. The van der Waals surface area contributed by atoms with Crippen LogP contribution in [0.15, 0.2) is 42.5 Å². The standard InChI is InChI=1S/C25H33ClNO.Y/c1-4-6-7-8-9-20-11-14-22(15-12-20)27-17-16-23(26)25(27)21-13-10-19(3)24(18-21)28-5-2;/h10-15,18,23,25H,2,4-9,16-17H2,1,3H3;/q-1;. The normalized spacial score (nSPS) is 18.6. The first-order valence-electron chi connectivity index (χ1n) is 10.7. The van der Waals surface area contributed by atoms with E-state index in [2.05, 4.69) is 68.1 Å². The van der Waals surface area contributed by atoms with Gasteiger partial charge in [0.15, 0.2) is 0 Å². The van der Waals surface area contributed by atoms with Crippen molar-refractivity contribution in [2.45, 2.75) is 63.8 Å². The van der Waals surface area contributed by atoms with Crippen LogP contribution in [0.4, 0.5) is 5.69 Å². The average Bonchev–Trinajstić information content (AvgIpc) is 3.09. The maximum atomic E-state index is 6.76. The molecule has 0 bridgehead atoms. The first-order chi connectivity index (χ1) is 13.6. The van der Waals surface area contributed by atoms with E-state index in [0.717, 1.165) is 24.3 Å². The number of alkyl halides is 1. The Kier molecular flexibility index (Phi) is 10.5. The molecule has 0 aromatic heterocycles. The summed E-state index contributed by atoms with van der Waals surface area (Å²) in [5.41, 5.74) is 5.04. The van der Waals surface area contributed by atoms with E-state index in [1.165, 1.54) is 48.9 Å². The van der Waals surface area contributed by atoms with Gasteiger partial charge in [-0.1, -0.05) is 50.5 Å². The molecule has 2 atom stereocenters. The minimum Gasteiger partial charge on any atom is -0.525 e. The van der Waals surface area contributed by atoms with Crippen molar-refractivity contribution >= 4 is 17.3 Å². The molecule has 0 amide bonds. The van der Waals surface area contributed by atoms with E-state index in [1.807, 2.05) is 0 Å². The predicted molar refractivity (Wildman–Crippen MR) is 121 cm³/mol. The Hall–Kier alpha value is -0.566. The summed E-state index contributed by atoms with van der Waals surface area (Å²) in [6.07, 6.45) is 7.39. The monoisotopic (exact) mass is 487 g/mol. The van der Waals surface area contributed by atoms with Gasteiger partial charge in [-0.15, -0.1) is 11.6 Å². The third-order valence-corrected chi connectivity index (χ3v) is 6.18. The predicted octanol–water partition coefficient (Wildman–Crippen LogP) is 6.89. The summed E-state index contributed by atoms with van der Waals surface area (Å²) in [7, 11) is 0. The van der Waals surface area contributed by atoms with E-state index >= 15 is 0 Å². The van der Waals surface area contributed by atoms with Crippen molar-refractivity contribution < 1.29 is 37.4 Å². The zero-order valence-electron chi connectivity index (χ0n) is 17.9. The Morgan fingerprint density at radius 3 is 2.55 bits per heavy atom. The first kappa shape index (κ1) is 24.7. The quantitative estimate of drug-likeness (QED) is 0.217. The van der Waals surface area contributed by atoms with Gasteiger partial charge in [0.25, 0.3) is 0 Å². The van der Waals surface area contributed by atoms with Crippen molar-refractivity contribution in [1.82, 2.24) is 0 Å². The number of ether oxygens (including phenoxy) is 1. The van der Waals surface area contributed by atoms with Gasteiger partial charge in [0.05, 0.1) is 11.4 Å². The number of anilines is 1. The van der Waals surface area contributed by atoms with Gasteiger partial charge in [-0.05, 0) is 67.7 Å². The molecular weight excluding hydrogens is 455 g/mol. The molecular formula is C25H33ClNOY-. The van der Waals surface area contributed by atoms with E-state index in [4.69, 9.17) is 16.3 Å². The van der Waals surface area contributed by atoms with Crippen molar-refractivity contribution in [3.8, 4) is 5.75 Å². The average molecular weight is 488 g/mol. The molecule has 0 aliphatic carbocycles. The van der Waals surface area contributed by atoms with Crippen molar-refractivity contribution in [2.75, 3.05) is 18.1 Å². The fraction of sp³-hybridized carbons (Fsp3) is 0.480. The second-order valence-corrected chi connectivity index (χ2v) is 8.35. The number of hydrogen-bond acceptors (Lipinski definition) is 2. The molecule has 2 nitrogen and oxygen atoms in total. The van der Waals surface area contributed by atoms with Crippen LogP contribution in [0.1, 0.15) is 61.8 Å². The molecule has 0 saturated carbocycles. The molecule has 1 heterocycles. The van der Waals surface area contributed by atoms with Crippen LogP contribution in [0.25, 0.3) is 0 Å². The summed E-state index contributed by atoms with van der Waals surface area (Å²) < 4.78 is 5.71. The molecule has 4 heteroatoms. The van der Waals surface area contributed by atoms with Gasteiger partial charge in [0.2, 0.25) is 0 Å². The second-order valence-electron chi connectivity index (χ2n) is 7.79. The summed E-state index contributed by atoms with van der Waals surface area (Å²) in [5, 5.41) is 0.101. The Morgan fingerprint density at radius 2 is 1.86 bits per heavy atom. The number of hydrogen-bond donors (Lipinski definition) is 0. The van der Waals surface area contributed by atoms with E-state index in [1.54, 1.807) is 0 Å². The van der Waals surface area contributed by atoms with Crippen molar-refractivity contribution in [3.63, 3.8) is 0 Å². The largest absolute Gasteiger partial charge is 0.525 e. The summed E-state index contributed by atoms with van der Waals surface area (Å²) >= 11 is 6.76. The van der Waals surface area contributed by atoms with E-state index < -0.39 is 0 Å². The third-order valence-electron chi connectivity index (χ3n) is 5.72. The zero-order valence-corrected chi connectivity index (χ0v) is 21.5. The maximum absolute atomic E-state index is 6.76. The molecule has 155 valence electrons. The smallest absolute Gasteiger partial charge is 0.118 e. The van der Waals surface area contributed by atoms with Crippen LogP contribution in [0.2, 0.25) is 0 Å². The molecule has 2 unspecified atom stereocenters. The maximum Gasteiger partial charge on any atom is 0.118 e. The molecule has 2 aromatic carbocycles. The summed E-state index contributed by atoms with van der Waals surface area (Å²) in [4.78, 5) is 2.44. The van der Waals surface area contributed by atoms with E-state index in [0.29, 0.717) is 6.61 Å². The fourth-order valence-electron chi connectivity index (χ4n) is 4.11. The Labute approximate surface area is 207 Å². The molecule has 1 fully saturated rings. The third kappa shape index (κ3) is 6.45. The first-order valence-corrected chi connectivity index (χ1v) is 11.1. The van der Waals surface area contributed by atoms with E-state index in [-0.39, 0.29) is 44.1 Å². The van der Waals surface area contributed by atoms with E-state index in [9.17, 15) is 0 Å². The number of nitrogens with zero attached hydrogens (tertiary/aromatic N) is 1. The molecule has 1 saturated heterocycles.